The molecule has 2 bridgehead atoms. The zero-order chi connectivity index (χ0) is 8.88. The Labute approximate surface area is 81.4 Å². The molecule has 0 amide bonds. The van der Waals surface area contributed by atoms with Crippen LogP contribution in [0.15, 0.2) is 0 Å². The third-order valence-corrected chi connectivity index (χ3v) is 4.29. The summed E-state index contributed by atoms with van der Waals surface area (Å²) in [5.74, 6) is 1.36. The molecule has 12 heavy (non-hydrogen) atoms. The Morgan fingerprint density at radius 2 is 2.17 bits per heavy atom. The maximum Gasteiger partial charge on any atom is 0.137 e. The SMILES string of the molecule is CN(C)C1[C@@H]2CC(=O)[C@H]1CC2Br. The second-order valence-corrected chi connectivity index (χ2v) is 5.32. The monoisotopic (exact) mass is 231 g/mol. The number of nitrogens with zero attached hydrogens (tertiary/aromatic N) is 1. The van der Waals surface area contributed by atoms with E-state index >= 15 is 0 Å². The van der Waals surface area contributed by atoms with Crippen molar-refractivity contribution < 1.29 is 4.79 Å². The van der Waals surface area contributed by atoms with Gasteiger partial charge in [0.1, 0.15) is 5.78 Å². The van der Waals surface area contributed by atoms with E-state index in [9.17, 15) is 4.79 Å². The minimum atomic E-state index is 0.314. The van der Waals surface area contributed by atoms with Crippen LogP contribution in [0.5, 0.6) is 0 Å². The van der Waals surface area contributed by atoms with E-state index < -0.39 is 0 Å². The highest BCUT2D eigenvalue weighted by Crippen LogP contribution is 2.47. The van der Waals surface area contributed by atoms with Crippen molar-refractivity contribution >= 4 is 21.7 Å². The number of ketones is 1. The first-order valence-electron chi connectivity index (χ1n) is 4.44. The Hall–Kier alpha value is 0.110. The van der Waals surface area contributed by atoms with Crippen molar-refractivity contribution in [2.75, 3.05) is 14.1 Å². The first kappa shape index (κ1) is 8.70. The zero-order valence-corrected chi connectivity index (χ0v) is 9.04. The van der Waals surface area contributed by atoms with Gasteiger partial charge in [-0.25, -0.2) is 0 Å². The lowest BCUT2D eigenvalue weighted by molar-refractivity contribution is -0.122. The average Bonchev–Trinajstić information content (AvgIpc) is 2.41. The molecule has 2 rings (SSSR count). The molecule has 3 heteroatoms. The van der Waals surface area contributed by atoms with Crippen LogP contribution < -0.4 is 0 Å². The van der Waals surface area contributed by atoms with Crippen molar-refractivity contribution in [3.63, 3.8) is 0 Å². The van der Waals surface area contributed by atoms with Gasteiger partial charge < -0.3 is 4.90 Å². The minimum absolute atomic E-state index is 0.314. The van der Waals surface area contributed by atoms with Gasteiger partial charge in [-0.2, -0.15) is 0 Å². The summed E-state index contributed by atoms with van der Waals surface area (Å²) in [4.78, 5) is 14.2. The van der Waals surface area contributed by atoms with Gasteiger partial charge in [0, 0.05) is 23.2 Å². The predicted molar refractivity (Wildman–Crippen MR) is 51.4 cm³/mol. The summed E-state index contributed by atoms with van der Waals surface area (Å²) in [6.45, 7) is 0. The molecule has 68 valence electrons. The highest BCUT2D eigenvalue weighted by molar-refractivity contribution is 9.09. The second kappa shape index (κ2) is 2.81. The number of carbonyl (C=O) groups excluding carboxylic acids is 1. The number of carbonyl (C=O) groups is 1. The number of Topliss-reactive ketones (excluding diaryl/α,β-unsaturated/α-hetero) is 1. The largest absolute Gasteiger partial charge is 0.305 e. The van der Waals surface area contributed by atoms with Crippen LogP contribution >= 0.6 is 15.9 Å². The van der Waals surface area contributed by atoms with Crippen molar-refractivity contribution in [2.45, 2.75) is 23.7 Å². The molecule has 0 aromatic heterocycles. The Morgan fingerprint density at radius 1 is 1.50 bits per heavy atom. The maximum atomic E-state index is 11.4. The molecule has 0 spiro atoms. The molecule has 2 saturated carbocycles. The van der Waals surface area contributed by atoms with Crippen LogP contribution in [0, 0.1) is 11.8 Å². The van der Waals surface area contributed by atoms with E-state index in [1.54, 1.807) is 0 Å². The molecule has 0 aromatic rings. The normalized spacial score (nSPS) is 46.2. The molecule has 0 heterocycles. The smallest absolute Gasteiger partial charge is 0.137 e. The van der Waals surface area contributed by atoms with Crippen molar-refractivity contribution in [1.82, 2.24) is 4.90 Å². The lowest BCUT2D eigenvalue weighted by atomic mass is 10.00. The third kappa shape index (κ3) is 1.06. The fourth-order valence-corrected chi connectivity index (χ4v) is 3.67. The number of fused-ring (bicyclic) bond motifs is 2. The van der Waals surface area contributed by atoms with Crippen molar-refractivity contribution in [1.29, 1.82) is 0 Å². The summed E-state index contributed by atoms with van der Waals surface area (Å²) in [5.41, 5.74) is 0. The van der Waals surface area contributed by atoms with Gasteiger partial charge in [0.2, 0.25) is 0 Å². The minimum Gasteiger partial charge on any atom is -0.305 e. The average molecular weight is 232 g/mol. The topological polar surface area (TPSA) is 20.3 Å². The van der Waals surface area contributed by atoms with Crippen LogP contribution in [0.1, 0.15) is 12.8 Å². The van der Waals surface area contributed by atoms with Gasteiger partial charge in [-0.1, -0.05) is 15.9 Å². The predicted octanol–water partition coefficient (Wildman–Crippen LogP) is 1.29. The van der Waals surface area contributed by atoms with Crippen LogP contribution in [0.3, 0.4) is 0 Å². The number of hydrogen-bond donors (Lipinski definition) is 0. The molecule has 4 atom stereocenters. The standard InChI is InChI=1S/C9H14BrNO/c1-11(2)9-5-4-8(12)6(9)3-7(5)10/h5-7,9H,3-4H2,1-2H3/t5-,6-,7?,9?/m1/s1. The Balaban J connectivity index is 2.22. The molecule has 0 saturated heterocycles. The van der Waals surface area contributed by atoms with E-state index in [0.29, 0.717) is 28.5 Å². The van der Waals surface area contributed by atoms with Gasteiger partial charge >= 0.3 is 0 Å². The van der Waals surface area contributed by atoms with E-state index in [1.807, 2.05) is 0 Å². The van der Waals surface area contributed by atoms with Gasteiger partial charge in [0.15, 0.2) is 0 Å². The highest BCUT2D eigenvalue weighted by Gasteiger charge is 2.52. The van der Waals surface area contributed by atoms with E-state index in [-0.39, 0.29) is 0 Å². The lowest BCUT2D eigenvalue weighted by Gasteiger charge is -2.23. The Bertz CT molecular complexity index is 217. The second-order valence-electron chi connectivity index (χ2n) is 4.15. The van der Waals surface area contributed by atoms with E-state index in [2.05, 4.69) is 34.9 Å². The van der Waals surface area contributed by atoms with E-state index in [1.165, 1.54) is 0 Å². The summed E-state index contributed by atoms with van der Waals surface area (Å²) in [7, 11) is 4.16. The molecular weight excluding hydrogens is 218 g/mol. The summed E-state index contributed by atoms with van der Waals surface area (Å²) < 4.78 is 0. The number of rotatable bonds is 1. The molecular formula is C9H14BrNO. The van der Waals surface area contributed by atoms with Crippen molar-refractivity contribution in [3.05, 3.63) is 0 Å². The van der Waals surface area contributed by atoms with Gasteiger partial charge in [-0.05, 0) is 26.4 Å². The van der Waals surface area contributed by atoms with Crippen LogP contribution in [-0.2, 0) is 4.79 Å². The quantitative estimate of drug-likeness (QED) is 0.635. The van der Waals surface area contributed by atoms with Crippen LogP contribution in [0.25, 0.3) is 0 Å². The molecule has 2 unspecified atom stereocenters. The molecule has 2 aliphatic carbocycles. The van der Waals surface area contributed by atoms with Crippen LogP contribution in [0.2, 0.25) is 0 Å². The van der Waals surface area contributed by atoms with E-state index in [0.717, 1.165) is 12.8 Å². The van der Waals surface area contributed by atoms with Gasteiger partial charge in [-0.15, -0.1) is 0 Å². The first-order chi connectivity index (χ1) is 5.61. The molecule has 2 fully saturated rings. The summed E-state index contributed by atoms with van der Waals surface area (Å²) >= 11 is 3.65. The maximum absolute atomic E-state index is 11.4. The molecule has 2 aliphatic rings. The van der Waals surface area contributed by atoms with Crippen molar-refractivity contribution in [2.24, 2.45) is 11.8 Å². The lowest BCUT2D eigenvalue weighted by Crippen LogP contribution is -2.33. The van der Waals surface area contributed by atoms with Gasteiger partial charge in [0.25, 0.3) is 0 Å². The summed E-state index contributed by atoms with van der Waals surface area (Å²) in [5, 5.41) is 0. The molecule has 2 nitrogen and oxygen atoms in total. The first-order valence-corrected chi connectivity index (χ1v) is 5.36. The van der Waals surface area contributed by atoms with E-state index in [4.69, 9.17) is 0 Å². The summed E-state index contributed by atoms with van der Waals surface area (Å²) in [6.07, 6.45) is 1.84. The molecule has 0 N–H and O–H groups in total. The van der Waals surface area contributed by atoms with Crippen LogP contribution in [-0.4, -0.2) is 35.6 Å². The number of hydrogen-bond acceptors (Lipinski definition) is 2. The van der Waals surface area contributed by atoms with Crippen molar-refractivity contribution in [3.8, 4) is 0 Å². The fourth-order valence-electron chi connectivity index (χ4n) is 2.77. The molecule has 0 aliphatic heterocycles. The van der Waals surface area contributed by atoms with Crippen LogP contribution in [0.4, 0.5) is 0 Å². The molecule has 0 aromatic carbocycles. The van der Waals surface area contributed by atoms with Gasteiger partial charge in [-0.3, -0.25) is 4.79 Å². The highest BCUT2D eigenvalue weighted by atomic mass is 79.9. The molecule has 0 radical (unpaired) electrons. The number of halogens is 1. The Morgan fingerprint density at radius 3 is 2.50 bits per heavy atom. The number of alkyl halides is 1. The zero-order valence-electron chi connectivity index (χ0n) is 7.46. The third-order valence-electron chi connectivity index (χ3n) is 3.24. The van der Waals surface area contributed by atoms with Gasteiger partial charge in [0.05, 0.1) is 0 Å². The Kier molecular flexibility index (Phi) is 2.04. The summed E-state index contributed by atoms with van der Waals surface area (Å²) in [6, 6.07) is 0.502. The fraction of sp³-hybridized carbons (Fsp3) is 0.889.